The number of aromatic nitrogens is 2. The lowest BCUT2D eigenvalue weighted by atomic mass is 10.1. The highest BCUT2D eigenvalue weighted by atomic mass is 19.1. The van der Waals surface area contributed by atoms with Crippen molar-refractivity contribution in [1.29, 1.82) is 0 Å². The van der Waals surface area contributed by atoms with Gasteiger partial charge in [-0.15, -0.1) is 0 Å². The van der Waals surface area contributed by atoms with E-state index in [0.717, 1.165) is 60.7 Å². The van der Waals surface area contributed by atoms with Crippen molar-refractivity contribution in [2.24, 2.45) is 0 Å². The fourth-order valence-electron chi connectivity index (χ4n) is 3.25. The number of para-hydroxylation sites is 2. The van der Waals surface area contributed by atoms with Crippen LogP contribution in [0.2, 0.25) is 0 Å². The summed E-state index contributed by atoms with van der Waals surface area (Å²) in [6.45, 7) is 4.86. The fraction of sp³-hybridized carbons (Fsp3) is 0.316. The lowest BCUT2D eigenvalue weighted by Crippen LogP contribution is -2.43. The molecule has 124 valence electrons. The first-order chi connectivity index (χ1) is 11.7. The lowest BCUT2D eigenvalue weighted by molar-refractivity contribution is 0.148. The molecule has 24 heavy (non-hydrogen) atoms. The molecule has 1 N–H and O–H groups in total. The van der Waals surface area contributed by atoms with Gasteiger partial charge in [-0.1, -0.05) is 12.1 Å². The van der Waals surface area contributed by atoms with E-state index >= 15 is 0 Å². The Balaban J connectivity index is 1.67. The van der Waals surface area contributed by atoms with E-state index in [1.54, 1.807) is 6.07 Å². The molecule has 2 heterocycles. The molecule has 0 amide bonds. The van der Waals surface area contributed by atoms with Crippen LogP contribution in [0.3, 0.4) is 0 Å². The highest BCUT2D eigenvalue weighted by molar-refractivity contribution is 5.79. The van der Waals surface area contributed by atoms with Gasteiger partial charge in [0, 0.05) is 38.3 Å². The maximum absolute atomic E-state index is 13.8. The summed E-state index contributed by atoms with van der Waals surface area (Å²) in [5, 5.41) is 0. The maximum atomic E-state index is 13.8. The van der Waals surface area contributed by atoms with E-state index in [-0.39, 0.29) is 5.82 Å². The van der Waals surface area contributed by atoms with Crippen molar-refractivity contribution in [3.8, 4) is 11.4 Å². The van der Waals surface area contributed by atoms with Gasteiger partial charge in [-0.05, 0) is 42.9 Å². The van der Waals surface area contributed by atoms with Gasteiger partial charge in [0.15, 0.2) is 0 Å². The molecule has 1 aliphatic rings. The van der Waals surface area contributed by atoms with Crippen LogP contribution in [0, 0.1) is 5.82 Å². The zero-order chi connectivity index (χ0) is 16.5. The maximum Gasteiger partial charge on any atom is 0.138 e. The quantitative estimate of drug-likeness (QED) is 0.804. The molecule has 1 aromatic heterocycles. The number of benzene rings is 2. The summed E-state index contributed by atoms with van der Waals surface area (Å²) in [5.41, 5.74) is 3.90. The van der Waals surface area contributed by atoms with Crippen LogP contribution in [0.25, 0.3) is 22.4 Å². The lowest BCUT2D eigenvalue weighted by Gasteiger charge is -2.32. The number of hydrogen-bond donors (Lipinski definition) is 1. The Morgan fingerprint density at radius 3 is 2.67 bits per heavy atom. The molecule has 1 saturated heterocycles. The number of rotatable bonds is 3. The van der Waals surface area contributed by atoms with E-state index in [0.29, 0.717) is 0 Å². The highest BCUT2D eigenvalue weighted by Gasteiger charge is 2.17. The first-order valence-electron chi connectivity index (χ1n) is 8.33. The molecule has 0 saturated carbocycles. The zero-order valence-corrected chi connectivity index (χ0v) is 13.8. The number of fused-ring (bicyclic) bond motifs is 1. The largest absolute Gasteiger partial charge is 0.338 e. The molecule has 4 nitrogen and oxygen atoms in total. The second-order valence-corrected chi connectivity index (χ2v) is 6.48. The van der Waals surface area contributed by atoms with Crippen molar-refractivity contribution in [2.45, 2.75) is 6.54 Å². The average molecular weight is 324 g/mol. The number of piperazine rings is 1. The number of nitrogens with one attached hydrogen (secondary N) is 1. The summed E-state index contributed by atoms with van der Waals surface area (Å²) in [6.07, 6.45) is 0. The summed E-state index contributed by atoms with van der Waals surface area (Å²) in [5.74, 6) is 0.610. The number of H-pyrrole nitrogens is 1. The smallest absolute Gasteiger partial charge is 0.138 e. The third-order valence-corrected chi connectivity index (χ3v) is 4.70. The standard InChI is InChI=1S/C19H21FN4/c1-23-8-10-24(11-9-23)13-14-12-15(20)6-7-16(14)19-21-17-4-2-3-5-18(17)22-19/h2-7,12H,8-11,13H2,1H3,(H,21,22). The van der Waals surface area contributed by atoms with Gasteiger partial charge in [0.25, 0.3) is 0 Å². The Bertz CT molecular complexity index is 816. The van der Waals surface area contributed by atoms with Gasteiger partial charge in [-0.25, -0.2) is 9.37 Å². The van der Waals surface area contributed by atoms with Crippen LogP contribution >= 0.6 is 0 Å². The molecule has 0 radical (unpaired) electrons. The van der Waals surface area contributed by atoms with Crippen LogP contribution in [0.1, 0.15) is 5.56 Å². The van der Waals surface area contributed by atoms with Crippen LogP contribution in [-0.2, 0) is 6.54 Å². The average Bonchev–Trinajstić information content (AvgIpc) is 3.01. The van der Waals surface area contributed by atoms with Crippen LogP contribution in [0.5, 0.6) is 0 Å². The van der Waals surface area contributed by atoms with Crippen molar-refractivity contribution in [1.82, 2.24) is 19.8 Å². The molecule has 0 atom stereocenters. The summed E-state index contributed by atoms with van der Waals surface area (Å²) in [7, 11) is 2.14. The number of aromatic amines is 1. The van der Waals surface area contributed by atoms with E-state index in [2.05, 4.69) is 26.8 Å². The molecule has 0 aliphatic carbocycles. The van der Waals surface area contributed by atoms with Crippen molar-refractivity contribution < 1.29 is 4.39 Å². The van der Waals surface area contributed by atoms with E-state index < -0.39 is 0 Å². The molecule has 0 spiro atoms. The molecule has 0 unspecified atom stereocenters. The molecule has 2 aromatic carbocycles. The van der Waals surface area contributed by atoms with Gasteiger partial charge in [0.05, 0.1) is 11.0 Å². The van der Waals surface area contributed by atoms with Gasteiger partial charge in [-0.2, -0.15) is 0 Å². The number of halogens is 1. The minimum atomic E-state index is -0.195. The van der Waals surface area contributed by atoms with Crippen LogP contribution in [0.4, 0.5) is 4.39 Å². The predicted molar refractivity (Wildman–Crippen MR) is 94.3 cm³/mol. The topological polar surface area (TPSA) is 35.2 Å². The van der Waals surface area contributed by atoms with Gasteiger partial charge in [0.1, 0.15) is 11.6 Å². The fourth-order valence-corrected chi connectivity index (χ4v) is 3.25. The van der Waals surface area contributed by atoms with Crippen molar-refractivity contribution in [3.05, 3.63) is 53.8 Å². The van der Waals surface area contributed by atoms with Gasteiger partial charge < -0.3 is 9.88 Å². The Labute approximate surface area is 140 Å². The molecule has 0 bridgehead atoms. The molecule has 1 fully saturated rings. The zero-order valence-electron chi connectivity index (χ0n) is 13.8. The third-order valence-electron chi connectivity index (χ3n) is 4.70. The van der Waals surface area contributed by atoms with E-state index in [1.165, 1.54) is 6.07 Å². The number of hydrogen-bond acceptors (Lipinski definition) is 3. The minimum absolute atomic E-state index is 0.195. The van der Waals surface area contributed by atoms with E-state index in [9.17, 15) is 4.39 Å². The van der Waals surface area contributed by atoms with Gasteiger partial charge >= 0.3 is 0 Å². The van der Waals surface area contributed by atoms with Gasteiger partial charge in [-0.3, -0.25) is 4.90 Å². The molecule has 3 aromatic rings. The Hall–Kier alpha value is -2.24. The minimum Gasteiger partial charge on any atom is -0.338 e. The summed E-state index contributed by atoms with van der Waals surface area (Å²) < 4.78 is 13.8. The first-order valence-corrected chi connectivity index (χ1v) is 8.33. The Morgan fingerprint density at radius 2 is 1.88 bits per heavy atom. The van der Waals surface area contributed by atoms with Crippen LogP contribution in [0.15, 0.2) is 42.5 Å². The number of nitrogens with zero attached hydrogens (tertiary/aromatic N) is 3. The molecule has 4 rings (SSSR count). The van der Waals surface area contributed by atoms with Gasteiger partial charge in [0.2, 0.25) is 0 Å². The Kier molecular flexibility index (Phi) is 4.04. The molecular formula is C19H21FN4. The predicted octanol–water partition coefficient (Wildman–Crippen LogP) is 3.12. The number of likely N-dealkylation sites (N-methyl/N-ethyl adjacent to an activating group) is 1. The molecule has 1 aliphatic heterocycles. The van der Waals surface area contributed by atoms with Crippen molar-refractivity contribution in [3.63, 3.8) is 0 Å². The summed E-state index contributed by atoms with van der Waals surface area (Å²) in [4.78, 5) is 12.7. The second kappa shape index (κ2) is 6.34. The van der Waals surface area contributed by atoms with E-state index in [4.69, 9.17) is 0 Å². The number of imidazole rings is 1. The monoisotopic (exact) mass is 324 g/mol. The SMILES string of the molecule is CN1CCN(Cc2cc(F)ccc2-c2nc3ccccc3[nH]2)CC1. The normalized spacial score (nSPS) is 16.8. The highest BCUT2D eigenvalue weighted by Crippen LogP contribution is 2.26. The summed E-state index contributed by atoms with van der Waals surface area (Å²) in [6, 6.07) is 12.9. The van der Waals surface area contributed by atoms with Crippen LogP contribution in [-0.4, -0.2) is 53.0 Å². The third kappa shape index (κ3) is 3.05. The summed E-state index contributed by atoms with van der Waals surface area (Å²) >= 11 is 0. The van der Waals surface area contributed by atoms with Crippen molar-refractivity contribution >= 4 is 11.0 Å². The Morgan fingerprint density at radius 1 is 1.08 bits per heavy atom. The first kappa shape index (κ1) is 15.3. The second-order valence-electron chi connectivity index (χ2n) is 6.48. The molecule has 5 heteroatoms. The van der Waals surface area contributed by atoms with Crippen molar-refractivity contribution in [2.75, 3.05) is 33.2 Å². The molecular weight excluding hydrogens is 303 g/mol. The van der Waals surface area contributed by atoms with E-state index in [1.807, 2.05) is 30.3 Å². The van der Waals surface area contributed by atoms with Crippen LogP contribution < -0.4 is 0 Å².